The predicted molar refractivity (Wildman–Crippen MR) is 137 cm³/mol. The van der Waals surface area contributed by atoms with E-state index >= 15 is 0 Å². The molecule has 4 rings (SSSR count). The van der Waals surface area contributed by atoms with Crippen molar-refractivity contribution in [2.75, 3.05) is 6.61 Å². The molecular formula is C27H27ClN2O7. The van der Waals surface area contributed by atoms with E-state index in [1.165, 1.54) is 30.3 Å². The molecule has 10 heteroatoms. The van der Waals surface area contributed by atoms with Crippen LogP contribution in [-0.2, 0) is 20.7 Å². The Hall–Kier alpha value is -3.85. The minimum Gasteiger partial charge on any atom is -0.479 e. The number of carbonyl (C=O) groups is 3. The number of H-pyrrole nitrogens is 1. The van der Waals surface area contributed by atoms with Crippen LogP contribution < -0.4 is 10.9 Å². The number of aromatic nitrogens is 1. The number of amides is 1. The molecule has 1 heterocycles. The van der Waals surface area contributed by atoms with Gasteiger partial charge in [0.1, 0.15) is 12.7 Å². The summed E-state index contributed by atoms with van der Waals surface area (Å²) in [5.74, 6) is -2.15. The van der Waals surface area contributed by atoms with Crippen LogP contribution in [0.5, 0.6) is 0 Å². The third kappa shape index (κ3) is 6.48. The molecule has 1 aromatic heterocycles. The van der Waals surface area contributed by atoms with E-state index in [9.17, 15) is 24.3 Å². The summed E-state index contributed by atoms with van der Waals surface area (Å²) in [5.41, 5.74) is -1.50. The second-order valence-corrected chi connectivity index (χ2v) is 9.58. The molecule has 0 spiro atoms. The van der Waals surface area contributed by atoms with Gasteiger partial charge in [-0.15, -0.1) is 0 Å². The second-order valence-electron chi connectivity index (χ2n) is 9.15. The Bertz CT molecular complexity index is 1350. The summed E-state index contributed by atoms with van der Waals surface area (Å²) in [6, 6.07) is 14.1. The molecule has 9 nitrogen and oxygen atoms in total. The monoisotopic (exact) mass is 526 g/mol. The van der Waals surface area contributed by atoms with Crippen molar-refractivity contribution in [3.05, 3.63) is 81.1 Å². The molecule has 1 aliphatic carbocycles. The number of aliphatic carboxylic acids is 1. The molecule has 0 radical (unpaired) electrons. The highest BCUT2D eigenvalue weighted by Crippen LogP contribution is 2.24. The molecule has 0 aliphatic heterocycles. The number of carbonyl (C=O) groups excluding carboxylic acids is 2. The SMILES string of the molecule is O=C(OCC(Cc1cc(=O)[nH]c2ccccc12)(NC(=O)c1ccc(Cl)cc1)C(=O)O)OC1CCCCC1. The van der Waals surface area contributed by atoms with Gasteiger partial charge in [-0.3, -0.25) is 9.59 Å². The Balaban J connectivity index is 1.65. The fourth-order valence-electron chi connectivity index (χ4n) is 4.50. The van der Waals surface area contributed by atoms with Crippen molar-refractivity contribution in [3.63, 3.8) is 0 Å². The molecule has 1 atom stereocenters. The van der Waals surface area contributed by atoms with E-state index < -0.39 is 35.7 Å². The van der Waals surface area contributed by atoms with E-state index in [0.717, 1.165) is 19.3 Å². The Morgan fingerprint density at radius 2 is 1.76 bits per heavy atom. The maximum atomic E-state index is 13.1. The third-order valence-electron chi connectivity index (χ3n) is 6.45. The zero-order valence-electron chi connectivity index (χ0n) is 20.0. The van der Waals surface area contributed by atoms with Crippen molar-refractivity contribution < 1.29 is 29.0 Å². The number of aromatic amines is 1. The van der Waals surface area contributed by atoms with Crippen LogP contribution in [0.1, 0.15) is 48.0 Å². The predicted octanol–water partition coefficient (Wildman–Crippen LogP) is 4.46. The normalized spacial score (nSPS) is 15.5. The molecule has 0 saturated heterocycles. The van der Waals surface area contributed by atoms with Gasteiger partial charge in [-0.05, 0) is 61.6 Å². The van der Waals surface area contributed by atoms with Crippen molar-refractivity contribution in [2.45, 2.75) is 50.2 Å². The second kappa shape index (κ2) is 11.5. The van der Waals surface area contributed by atoms with Crippen molar-refractivity contribution in [3.8, 4) is 0 Å². The Labute approximate surface area is 217 Å². The molecular weight excluding hydrogens is 500 g/mol. The van der Waals surface area contributed by atoms with Gasteiger partial charge in [0.2, 0.25) is 5.56 Å². The smallest absolute Gasteiger partial charge is 0.479 e. The highest BCUT2D eigenvalue weighted by Gasteiger charge is 2.43. The highest BCUT2D eigenvalue weighted by atomic mass is 35.5. The third-order valence-corrected chi connectivity index (χ3v) is 6.70. The van der Waals surface area contributed by atoms with Gasteiger partial charge in [-0.25, -0.2) is 9.59 Å². The van der Waals surface area contributed by atoms with Crippen LogP contribution >= 0.6 is 11.6 Å². The first kappa shape index (κ1) is 26.2. The fraction of sp³-hybridized carbons (Fsp3) is 0.333. The summed E-state index contributed by atoms with van der Waals surface area (Å²) < 4.78 is 10.7. The average Bonchev–Trinajstić information content (AvgIpc) is 2.88. The zero-order chi connectivity index (χ0) is 26.4. The van der Waals surface area contributed by atoms with Crippen molar-refractivity contribution in [1.82, 2.24) is 10.3 Å². The van der Waals surface area contributed by atoms with Crippen LogP contribution in [0.3, 0.4) is 0 Å². The van der Waals surface area contributed by atoms with E-state index in [1.54, 1.807) is 24.3 Å². The summed E-state index contributed by atoms with van der Waals surface area (Å²) >= 11 is 5.91. The molecule has 0 bridgehead atoms. The highest BCUT2D eigenvalue weighted by molar-refractivity contribution is 6.30. The summed E-state index contributed by atoms with van der Waals surface area (Å²) in [7, 11) is 0. The lowest BCUT2D eigenvalue weighted by Gasteiger charge is -2.31. The molecule has 37 heavy (non-hydrogen) atoms. The van der Waals surface area contributed by atoms with Gasteiger partial charge < -0.3 is 24.9 Å². The molecule has 194 valence electrons. The van der Waals surface area contributed by atoms with Gasteiger partial charge in [0.05, 0.1) is 0 Å². The number of hydrogen-bond donors (Lipinski definition) is 3. The van der Waals surface area contributed by atoms with Gasteiger partial charge in [-0.2, -0.15) is 0 Å². The average molecular weight is 527 g/mol. The van der Waals surface area contributed by atoms with Crippen LogP contribution in [-0.4, -0.2) is 46.4 Å². The van der Waals surface area contributed by atoms with Crippen LogP contribution in [0.15, 0.2) is 59.4 Å². The zero-order valence-corrected chi connectivity index (χ0v) is 20.8. The van der Waals surface area contributed by atoms with Gasteiger partial charge in [0.25, 0.3) is 5.91 Å². The Morgan fingerprint density at radius 1 is 1.05 bits per heavy atom. The maximum absolute atomic E-state index is 13.1. The van der Waals surface area contributed by atoms with E-state index in [4.69, 9.17) is 21.1 Å². The minimum atomic E-state index is -2.10. The summed E-state index contributed by atoms with van der Waals surface area (Å²) in [4.78, 5) is 53.3. The number of rotatable bonds is 8. The number of halogens is 1. The topological polar surface area (TPSA) is 135 Å². The lowest BCUT2D eigenvalue weighted by Crippen LogP contribution is -2.59. The van der Waals surface area contributed by atoms with Crippen LogP contribution in [0.4, 0.5) is 4.79 Å². The lowest BCUT2D eigenvalue weighted by molar-refractivity contribution is -0.146. The largest absolute Gasteiger partial charge is 0.508 e. The quantitative estimate of drug-likeness (QED) is 0.369. The number of pyridine rings is 1. The first-order valence-electron chi connectivity index (χ1n) is 12.0. The molecule has 1 unspecified atom stereocenters. The first-order valence-corrected chi connectivity index (χ1v) is 12.4. The van der Waals surface area contributed by atoms with E-state index in [-0.39, 0.29) is 18.1 Å². The molecule has 1 aliphatic rings. The van der Waals surface area contributed by atoms with Gasteiger partial charge in [0.15, 0.2) is 5.54 Å². The molecule has 2 aromatic carbocycles. The summed E-state index contributed by atoms with van der Waals surface area (Å²) in [6.07, 6.45) is 2.74. The summed E-state index contributed by atoms with van der Waals surface area (Å²) in [5, 5.41) is 13.9. The van der Waals surface area contributed by atoms with E-state index in [2.05, 4.69) is 10.3 Å². The van der Waals surface area contributed by atoms with Crippen LogP contribution in [0.2, 0.25) is 5.02 Å². The van der Waals surface area contributed by atoms with Gasteiger partial charge in [0, 0.05) is 34.0 Å². The molecule has 1 amide bonds. The number of ether oxygens (including phenoxy) is 2. The number of benzene rings is 2. The molecule has 1 fully saturated rings. The minimum absolute atomic E-state index is 0.163. The number of carboxylic acid groups (broad SMARTS) is 1. The first-order chi connectivity index (χ1) is 17.8. The Kier molecular flexibility index (Phi) is 8.13. The number of para-hydroxylation sites is 1. The molecule has 3 N–H and O–H groups in total. The number of nitrogens with one attached hydrogen (secondary N) is 2. The summed E-state index contributed by atoms with van der Waals surface area (Å²) in [6.45, 7) is -0.714. The van der Waals surface area contributed by atoms with Crippen molar-refractivity contribution in [2.24, 2.45) is 0 Å². The fourth-order valence-corrected chi connectivity index (χ4v) is 4.62. The maximum Gasteiger partial charge on any atom is 0.508 e. The molecule has 1 saturated carbocycles. The molecule has 3 aromatic rings. The van der Waals surface area contributed by atoms with E-state index in [1.807, 2.05) is 0 Å². The number of carboxylic acids is 1. The van der Waals surface area contributed by atoms with Crippen LogP contribution in [0.25, 0.3) is 10.9 Å². The van der Waals surface area contributed by atoms with Crippen LogP contribution in [0, 0.1) is 0 Å². The van der Waals surface area contributed by atoms with Gasteiger partial charge >= 0.3 is 12.1 Å². The standard InChI is InChI=1S/C27H27ClN2O7/c28-19-12-10-17(11-13-19)24(32)30-27(25(33)34,16-36-26(35)37-20-6-2-1-3-7-20)15-18-14-23(31)29-22-9-5-4-8-21(18)22/h4-5,8-14,20H,1-3,6-7,15-16H2,(H,29,31)(H,30,32)(H,33,34). The van der Waals surface area contributed by atoms with E-state index in [0.29, 0.717) is 34.3 Å². The van der Waals surface area contributed by atoms with Crippen molar-refractivity contribution in [1.29, 1.82) is 0 Å². The number of hydrogen-bond acceptors (Lipinski definition) is 6. The lowest BCUT2D eigenvalue weighted by atomic mass is 9.89. The number of fused-ring (bicyclic) bond motifs is 1. The van der Waals surface area contributed by atoms with Crippen molar-refractivity contribution >= 4 is 40.5 Å². The Morgan fingerprint density at radius 3 is 2.46 bits per heavy atom. The van der Waals surface area contributed by atoms with Gasteiger partial charge in [-0.1, -0.05) is 36.2 Å².